The van der Waals surface area contributed by atoms with Gasteiger partial charge < -0.3 is 14.7 Å². The normalized spacial score (nSPS) is 17.1. The molecule has 1 N–H and O–H groups in total. The van der Waals surface area contributed by atoms with Crippen molar-refractivity contribution in [2.75, 3.05) is 26.2 Å². The third kappa shape index (κ3) is 6.19. The van der Waals surface area contributed by atoms with Gasteiger partial charge in [-0.1, -0.05) is 13.8 Å². The number of nitrogens with zero attached hydrogens (tertiary/aromatic N) is 2. The van der Waals surface area contributed by atoms with E-state index >= 15 is 0 Å². The van der Waals surface area contributed by atoms with Crippen LogP contribution in [0, 0.1) is 17.0 Å². The van der Waals surface area contributed by atoms with Crippen LogP contribution in [0.2, 0.25) is 0 Å². The summed E-state index contributed by atoms with van der Waals surface area (Å²) < 4.78 is 59.5. The number of aromatic carboxylic acids is 1. The van der Waals surface area contributed by atoms with E-state index in [0.29, 0.717) is 12.8 Å². The Bertz CT molecular complexity index is 1220. The zero-order valence-electron chi connectivity index (χ0n) is 20.4. The molecule has 196 valence electrons. The predicted octanol–water partition coefficient (Wildman–Crippen LogP) is 3.77. The Kier molecular flexibility index (Phi) is 8.35. The Balaban J connectivity index is 1.56. The summed E-state index contributed by atoms with van der Waals surface area (Å²) in [5.41, 5.74) is -0.764. The van der Waals surface area contributed by atoms with E-state index in [0.717, 1.165) is 12.1 Å². The van der Waals surface area contributed by atoms with Gasteiger partial charge in [-0.05, 0) is 56.2 Å². The lowest BCUT2D eigenvalue weighted by atomic mass is 9.85. The Morgan fingerprint density at radius 2 is 1.78 bits per heavy atom. The number of rotatable bonds is 9. The van der Waals surface area contributed by atoms with Gasteiger partial charge in [-0.3, -0.25) is 4.79 Å². The van der Waals surface area contributed by atoms with Crippen LogP contribution >= 0.6 is 0 Å². The standard InChI is InChI=1S/C25H30F2N2O6S/c1-17-16-28(36(33,34)20-8-5-18(6-9-20)23(30)31)12-13-29(17)24(32)25(2,3)11-4-14-35-22-10-7-19(26)15-21(22)27/h5-10,15,17H,4,11-14,16H2,1-3H3,(H,30,31). The zero-order valence-corrected chi connectivity index (χ0v) is 21.2. The van der Waals surface area contributed by atoms with Crippen molar-refractivity contribution in [3.05, 3.63) is 59.7 Å². The average molecular weight is 525 g/mol. The molecule has 36 heavy (non-hydrogen) atoms. The fourth-order valence-corrected chi connectivity index (χ4v) is 5.66. The monoisotopic (exact) mass is 524 g/mol. The Hall–Kier alpha value is -3.05. The second-order valence-electron chi connectivity index (χ2n) is 9.45. The molecule has 0 radical (unpaired) electrons. The summed E-state index contributed by atoms with van der Waals surface area (Å²) in [6.45, 7) is 5.97. The third-order valence-electron chi connectivity index (χ3n) is 6.27. The van der Waals surface area contributed by atoms with E-state index in [-0.39, 0.29) is 54.4 Å². The van der Waals surface area contributed by atoms with Gasteiger partial charge in [-0.2, -0.15) is 4.31 Å². The van der Waals surface area contributed by atoms with Gasteiger partial charge in [0.1, 0.15) is 5.82 Å². The Morgan fingerprint density at radius 1 is 1.11 bits per heavy atom. The largest absolute Gasteiger partial charge is 0.491 e. The molecule has 1 unspecified atom stereocenters. The lowest BCUT2D eigenvalue weighted by molar-refractivity contribution is -0.144. The summed E-state index contributed by atoms with van der Waals surface area (Å²) in [6, 6.07) is 7.73. The van der Waals surface area contributed by atoms with Crippen LogP contribution < -0.4 is 4.74 Å². The highest BCUT2D eigenvalue weighted by atomic mass is 32.2. The van der Waals surface area contributed by atoms with Gasteiger partial charge in [0.05, 0.1) is 17.1 Å². The molecule has 1 saturated heterocycles. The van der Waals surface area contributed by atoms with Crippen molar-refractivity contribution in [1.29, 1.82) is 0 Å². The number of carbonyl (C=O) groups excluding carboxylic acids is 1. The van der Waals surface area contributed by atoms with Crippen molar-refractivity contribution in [3.8, 4) is 5.75 Å². The van der Waals surface area contributed by atoms with Gasteiger partial charge in [-0.15, -0.1) is 0 Å². The molecule has 1 fully saturated rings. The SMILES string of the molecule is CC1CN(S(=O)(=O)c2ccc(C(=O)O)cc2)CCN1C(=O)C(C)(C)CCCOc1ccc(F)cc1F. The van der Waals surface area contributed by atoms with Gasteiger partial charge >= 0.3 is 5.97 Å². The highest BCUT2D eigenvalue weighted by Crippen LogP contribution is 2.29. The van der Waals surface area contributed by atoms with Crippen LogP contribution in [0.1, 0.15) is 44.0 Å². The number of hydrogen-bond donors (Lipinski definition) is 1. The molecule has 11 heteroatoms. The minimum atomic E-state index is -3.84. The Morgan fingerprint density at radius 3 is 2.36 bits per heavy atom. The molecule has 3 rings (SSSR count). The van der Waals surface area contributed by atoms with Crippen LogP contribution in [0.25, 0.3) is 0 Å². The van der Waals surface area contributed by atoms with E-state index in [1.54, 1.807) is 25.7 Å². The summed E-state index contributed by atoms with van der Waals surface area (Å²) >= 11 is 0. The molecule has 1 atom stereocenters. The van der Waals surface area contributed by atoms with E-state index in [9.17, 15) is 26.8 Å². The third-order valence-corrected chi connectivity index (χ3v) is 8.15. The topological polar surface area (TPSA) is 104 Å². The van der Waals surface area contributed by atoms with Crippen LogP contribution in [-0.4, -0.2) is 66.9 Å². The highest BCUT2D eigenvalue weighted by Gasteiger charge is 2.39. The molecule has 1 heterocycles. The first-order chi connectivity index (χ1) is 16.8. The van der Waals surface area contributed by atoms with Gasteiger partial charge in [0.25, 0.3) is 0 Å². The number of piperazine rings is 1. The molecule has 2 aromatic carbocycles. The van der Waals surface area contributed by atoms with E-state index in [1.165, 1.54) is 34.6 Å². The van der Waals surface area contributed by atoms with Gasteiger partial charge in [-0.25, -0.2) is 22.0 Å². The minimum absolute atomic E-state index is 0.00241. The van der Waals surface area contributed by atoms with E-state index in [1.807, 2.05) is 0 Å². The van der Waals surface area contributed by atoms with E-state index in [4.69, 9.17) is 9.84 Å². The number of sulfonamides is 1. The van der Waals surface area contributed by atoms with Gasteiger partial charge in [0.2, 0.25) is 15.9 Å². The van der Waals surface area contributed by atoms with Crippen LogP contribution in [-0.2, 0) is 14.8 Å². The summed E-state index contributed by atoms with van der Waals surface area (Å²) in [4.78, 5) is 26.0. The number of amides is 1. The van der Waals surface area contributed by atoms with Crippen LogP contribution in [0.5, 0.6) is 5.75 Å². The molecule has 0 aromatic heterocycles. The highest BCUT2D eigenvalue weighted by molar-refractivity contribution is 7.89. The second kappa shape index (κ2) is 10.9. The van der Waals surface area contributed by atoms with E-state index in [2.05, 4.69) is 0 Å². The number of benzene rings is 2. The molecule has 0 saturated carbocycles. The average Bonchev–Trinajstić information content (AvgIpc) is 2.82. The number of carbonyl (C=O) groups is 2. The number of carboxylic acid groups (broad SMARTS) is 1. The first-order valence-electron chi connectivity index (χ1n) is 11.6. The smallest absolute Gasteiger partial charge is 0.335 e. The van der Waals surface area contributed by atoms with Crippen molar-refractivity contribution in [3.63, 3.8) is 0 Å². The van der Waals surface area contributed by atoms with Crippen molar-refractivity contribution in [1.82, 2.24) is 9.21 Å². The second-order valence-corrected chi connectivity index (χ2v) is 11.4. The lowest BCUT2D eigenvalue weighted by Crippen LogP contribution is -2.57. The molecule has 8 nitrogen and oxygen atoms in total. The molecule has 1 amide bonds. The van der Waals surface area contributed by atoms with Gasteiger partial charge in [0.15, 0.2) is 11.6 Å². The fourth-order valence-electron chi connectivity index (χ4n) is 4.15. The molecule has 0 aliphatic carbocycles. The van der Waals surface area contributed by atoms with Crippen molar-refractivity contribution in [2.24, 2.45) is 5.41 Å². The fraction of sp³-hybridized carbons (Fsp3) is 0.440. The molecule has 2 aromatic rings. The number of carboxylic acids is 1. The number of ether oxygens (including phenoxy) is 1. The molecular weight excluding hydrogens is 494 g/mol. The summed E-state index contributed by atoms with van der Waals surface area (Å²) in [5.74, 6) is -2.79. The van der Waals surface area contributed by atoms with Crippen molar-refractivity contribution < 1.29 is 36.6 Å². The quantitative estimate of drug-likeness (QED) is 0.501. The van der Waals surface area contributed by atoms with E-state index < -0.39 is 33.0 Å². The molecule has 1 aliphatic rings. The van der Waals surface area contributed by atoms with Crippen molar-refractivity contribution in [2.45, 2.75) is 44.6 Å². The first-order valence-corrected chi connectivity index (χ1v) is 13.0. The maximum atomic E-state index is 13.7. The summed E-state index contributed by atoms with van der Waals surface area (Å²) in [5, 5.41) is 9.02. The molecule has 0 spiro atoms. The molecular formula is C25H30F2N2O6S. The van der Waals surface area contributed by atoms with Gasteiger partial charge in [0, 0.05) is 37.2 Å². The Labute approximate surface area is 209 Å². The predicted molar refractivity (Wildman–Crippen MR) is 128 cm³/mol. The molecule has 1 aliphatic heterocycles. The summed E-state index contributed by atoms with van der Waals surface area (Å²) in [7, 11) is -3.84. The maximum absolute atomic E-state index is 13.7. The number of hydrogen-bond acceptors (Lipinski definition) is 5. The van der Waals surface area contributed by atoms with Crippen LogP contribution in [0.4, 0.5) is 8.78 Å². The van der Waals surface area contributed by atoms with Crippen molar-refractivity contribution >= 4 is 21.9 Å². The van der Waals surface area contributed by atoms with Crippen LogP contribution in [0.3, 0.4) is 0 Å². The maximum Gasteiger partial charge on any atom is 0.335 e. The van der Waals surface area contributed by atoms with Crippen LogP contribution in [0.15, 0.2) is 47.4 Å². The minimum Gasteiger partial charge on any atom is -0.491 e. The lowest BCUT2D eigenvalue weighted by Gasteiger charge is -2.42. The number of halogens is 2. The summed E-state index contributed by atoms with van der Waals surface area (Å²) in [6.07, 6.45) is 0.917. The first kappa shape index (κ1) is 27.5. The zero-order chi connectivity index (χ0) is 26.7. The molecule has 0 bridgehead atoms.